The zero-order valence-electron chi connectivity index (χ0n) is 16.5. The smallest absolute Gasteiger partial charge is 0.259 e. The molecule has 7 nitrogen and oxygen atoms in total. The van der Waals surface area contributed by atoms with Crippen molar-refractivity contribution in [3.05, 3.63) is 42.1 Å². The lowest BCUT2D eigenvalue weighted by atomic mass is 9.96. The summed E-state index contributed by atoms with van der Waals surface area (Å²) in [5.41, 5.74) is 0.538. The summed E-state index contributed by atoms with van der Waals surface area (Å²) in [6.07, 6.45) is 7.58. The van der Waals surface area contributed by atoms with Gasteiger partial charge in [-0.3, -0.25) is 4.79 Å². The van der Waals surface area contributed by atoms with E-state index in [0.717, 1.165) is 38.3 Å². The van der Waals surface area contributed by atoms with Crippen LogP contribution in [0.2, 0.25) is 0 Å². The largest absolute Gasteiger partial charge is 0.477 e. The van der Waals surface area contributed by atoms with E-state index in [1.807, 2.05) is 24.2 Å². The van der Waals surface area contributed by atoms with Gasteiger partial charge in [-0.1, -0.05) is 0 Å². The van der Waals surface area contributed by atoms with Crippen LogP contribution in [0.4, 0.5) is 0 Å². The maximum atomic E-state index is 13.1. The van der Waals surface area contributed by atoms with E-state index in [0.29, 0.717) is 24.6 Å². The van der Waals surface area contributed by atoms with Gasteiger partial charge in [-0.25, -0.2) is 9.97 Å². The highest BCUT2D eigenvalue weighted by Crippen LogP contribution is 2.28. The molecule has 146 valence electrons. The van der Waals surface area contributed by atoms with Crippen molar-refractivity contribution in [1.82, 2.24) is 24.3 Å². The molecule has 0 spiro atoms. The molecule has 3 heterocycles. The molecule has 0 radical (unpaired) electrons. The minimum absolute atomic E-state index is 0.0114. The van der Waals surface area contributed by atoms with Crippen LogP contribution in [0.15, 0.2) is 30.7 Å². The van der Waals surface area contributed by atoms with Crippen molar-refractivity contribution in [3.8, 4) is 5.88 Å². The Kier molecular flexibility index (Phi) is 6.45. The van der Waals surface area contributed by atoms with E-state index >= 15 is 0 Å². The number of likely N-dealkylation sites (tertiary alicyclic amines) is 1. The lowest BCUT2D eigenvalue weighted by Gasteiger charge is -2.33. The Balaban J connectivity index is 1.73. The molecule has 1 amide bonds. The van der Waals surface area contributed by atoms with Gasteiger partial charge in [-0.15, -0.1) is 0 Å². The standard InChI is InChI=1S/C20H29N5O2/c1-4-27-19-17(8-5-9-22-19)20(26)25-11-6-7-16(15-25)18-21-10-12-24(18)14-13-23(2)3/h5,8-10,12,16H,4,6-7,11,13-15H2,1-3H3. The third kappa shape index (κ3) is 4.66. The number of imidazole rings is 1. The minimum atomic E-state index is -0.0114. The minimum Gasteiger partial charge on any atom is -0.477 e. The first-order valence-electron chi connectivity index (χ1n) is 9.63. The SMILES string of the molecule is CCOc1ncccc1C(=O)N1CCCC(c2nccn2CCN(C)C)C1. The van der Waals surface area contributed by atoms with Crippen LogP contribution in [-0.4, -0.2) is 70.6 Å². The van der Waals surface area contributed by atoms with Gasteiger partial charge < -0.3 is 19.1 Å². The van der Waals surface area contributed by atoms with Gasteiger partial charge in [-0.05, 0) is 46.0 Å². The van der Waals surface area contributed by atoms with Crippen molar-refractivity contribution in [3.63, 3.8) is 0 Å². The average Bonchev–Trinajstić information content (AvgIpc) is 3.15. The van der Waals surface area contributed by atoms with Crippen LogP contribution in [0.1, 0.15) is 41.9 Å². The molecule has 1 aliphatic heterocycles. The van der Waals surface area contributed by atoms with Gasteiger partial charge in [0.2, 0.25) is 5.88 Å². The van der Waals surface area contributed by atoms with E-state index in [1.54, 1.807) is 18.3 Å². The Morgan fingerprint density at radius 3 is 2.96 bits per heavy atom. The van der Waals surface area contributed by atoms with E-state index in [-0.39, 0.29) is 11.8 Å². The number of carbonyl (C=O) groups is 1. The van der Waals surface area contributed by atoms with Gasteiger partial charge in [-0.2, -0.15) is 0 Å². The van der Waals surface area contributed by atoms with Gasteiger partial charge in [0, 0.05) is 50.7 Å². The molecule has 2 aromatic heterocycles. The molecular weight excluding hydrogens is 342 g/mol. The predicted octanol–water partition coefficient (Wildman–Crippen LogP) is 2.26. The van der Waals surface area contributed by atoms with E-state index < -0.39 is 0 Å². The second-order valence-corrected chi connectivity index (χ2v) is 7.16. The number of nitrogens with zero attached hydrogens (tertiary/aromatic N) is 5. The summed E-state index contributed by atoms with van der Waals surface area (Å²) in [5.74, 6) is 1.74. The van der Waals surface area contributed by atoms with Gasteiger partial charge in [0.05, 0.1) is 6.61 Å². The van der Waals surface area contributed by atoms with Crippen LogP contribution < -0.4 is 4.74 Å². The number of piperidine rings is 1. The van der Waals surface area contributed by atoms with E-state index in [4.69, 9.17) is 4.74 Å². The van der Waals surface area contributed by atoms with Crippen molar-refractivity contribution >= 4 is 5.91 Å². The lowest BCUT2D eigenvalue weighted by Crippen LogP contribution is -2.40. The first-order valence-corrected chi connectivity index (χ1v) is 9.63. The van der Waals surface area contributed by atoms with Gasteiger partial charge in [0.25, 0.3) is 5.91 Å². The average molecular weight is 371 g/mol. The maximum absolute atomic E-state index is 13.1. The summed E-state index contributed by atoms with van der Waals surface area (Å²) >= 11 is 0. The molecule has 3 rings (SSSR count). The molecule has 1 fully saturated rings. The summed E-state index contributed by atoms with van der Waals surface area (Å²) < 4.78 is 7.76. The predicted molar refractivity (Wildman–Crippen MR) is 104 cm³/mol. The van der Waals surface area contributed by atoms with Crippen LogP contribution in [0.5, 0.6) is 5.88 Å². The molecule has 7 heteroatoms. The van der Waals surface area contributed by atoms with Crippen molar-refractivity contribution in [2.45, 2.75) is 32.2 Å². The summed E-state index contributed by atoms with van der Waals surface area (Å²) in [6, 6.07) is 3.58. The molecule has 1 atom stereocenters. The van der Waals surface area contributed by atoms with Crippen molar-refractivity contribution in [2.24, 2.45) is 0 Å². The fraction of sp³-hybridized carbons (Fsp3) is 0.550. The zero-order chi connectivity index (χ0) is 19.2. The molecule has 1 aliphatic rings. The number of likely N-dealkylation sites (N-methyl/N-ethyl adjacent to an activating group) is 1. The van der Waals surface area contributed by atoms with Crippen LogP contribution in [0.3, 0.4) is 0 Å². The second-order valence-electron chi connectivity index (χ2n) is 7.16. The van der Waals surface area contributed by atoms with Crippen molar-refractivity contribution in [2.75, 3.05) is 40.3 Å². The highest BCUT2D eigenvalue weighted by atomic mass is 16.5. The van der Waals surface area contributed by atoms with E-state index in [2.05, 4.69) is 33.5 Å². The highest BCUT2D eigenvalue weighted by Gasteiger charge is 2.29. The number of hydrogen-bond donors (Lipinski definition) is 0. The van der Waals surface area contributed by atoms with Crippen LogP contribution >= 0.6 is 0 Å². The number of ether oxygens (including phenoxy) is 1. The van der Waals surface area contributed by atoms with Gasteiger partial charge >= 0.3 is 0 Å². The Morgan fingerprint density at radius 1 is 1.33 bits per heavy atom. The number of aromatic nitrogens is 3. The molecule has 1 saturated heterocycles. The van der Waals surface area contributed by atoms with Gasteiger partial charge in [0.1, 0.15) is 11.4 Å². The molecule has 0 aromatic carbocycles. The first kappa shape index (κ1) is 19.4. The Hall–Kier alpha value is -2.41. The molecular formula is C20H29N5O2. The van der Waals surface area contributed by atoms with E-state index in [1.165, 1.54) is 0 Å². The molecule has 0 bridgehead atoms. The van der Waals surface area contributed by atoms with Crippen LogP contribution in [0.25, 0.3) is 0 Å². The van der Waals surface area contributed by atoms with Gasteiger partial charge in [0.15, 0.2) is 0 Å². The number of rotatable bonds is 7. The quantitative estimate of drug-likeness (QED) is 0.747. The highest BCUT2D eigenvalue weighted by molar-refractivity contribution is 5.96. The molecule has 1 unspecified atom stereocenters. The molecule has 0 saturated carbocycles. The fourth-order valence-electron chi connectivity index (χ4n) is 3.53. The number of hydrogen-bond acceptors (Lipinski definition) is 5. The number of amides is 1. The third-order valence-corrected chi connectivity index (χ3v) is 4.89. The molecule has 2 aromatic rings. The summed E-state index contributed by atoms with van der Waals surface area (Å²) in [5, 5.41) is 0. The lowest BCUT2D eigenvalue weighted by molar-refractivity contribution is 0.0698. The first-order chi connectivity index (χ1) is 13.1. The Morgan fingerprint density at radius 2 is 2.19 bits per heavy atom. The van der Waals surface area contributed by atoms with E-state index in [9.17, 15) is 4.79 Å². The number of carbonyl (C=O) groups excluding carboxylic acids is 1. The maximum Gasteiger partial charge on any atom is 0.259 e. The summed E-state index contributed by atoms with van der Waals surface area (Å²) in [6.45, 7) is 5.69. The molecule has 0 N–H and O–H groups in total. The topological polar surface area (TPSA) is 63.5 Å². The second kappa shape index (κ2) is 8.99. The molecule has 0 aliphatic carbocycles. The van der Waals surface area contributed by atoms with Crippen LogP contribution in [-0.2, 0) is 6.54 Å². The Labute approximate surface area is 161 Å². The summed E-state index contributed by atoms with van der Waals surface area (Å²) in [4.78, 5) is 26.0. The van der Waals surface area contributed by atoms with Crippen molar-refractivity contribution < 1.29 is 9.53 Å². The summed E-state index contributed by atoms with van der Waals surface area (Å²) in [7, 11) is 4.14. The fourth-order valence-corrected chi connectivity index (χ4v) is 3.53. The molecule has 27 heavy (non-hydrogen) atoms. The monoisotopic (exact) mass is 371 g/mol. The third-order valence-electron chi connectivity index (χ3n) is 4.89. The Bertz CT molecular complexity index is 758. The number of pyridine rings is 1. The van der Waals surface area contributed by atoms with Crippen molar-refractivity contribution in [1.29, 1.82) is 0 Å². The van der Waals surface area contributed by atoms with Crippen LogP contribution in [0, 0.1) is 0 Å². The normalized spacial score (nSPS) is 17.3. The zero-order valence-corrected chi connectivity index (χ0v) is 16.5.